The van der Waals surface area contributed by atoms with Crippen molar-refractivity contribution in [2.75, 3.05) is 19.8 Å². The van der Waals surface area contributed by atoms with Gasteiger partial charge < -0.3 is 14.6 Å². The number of halogens is 1. The quantitative estimate of drug-likeness (QED) is 0.908. The first kappa shape index (κ1) is 11.7. The van der Waals surface area contributed by atoms with Crippen LogP contribution in [0.25, 0.3) is 0 Å². The number of rotatable bonds is 2. The highest BCUT2D eigenvalue weighted by atomic mass is 79.9. The average molecular weight is 287 g/mol. The standard InChI is InChI=1S/C12H15BrO3/c1-12(2,7-14)8-3-4-9(13)11-10(8)15-5-6-16-11/h3-4,14H,5-7H2,1-2H3. The number of benzene rings is 1. The lowest BCUT2D eigenvalue weighted by Crippen LogP contribution is -2.26. The normalized spacial score (nSPS) is 15.0. The van der Waals surface area contributed by atoms with E-state index in [2.05, 4.69) is 15.9 Å². The molecule has 1 aromatic carbocycles. The topological polar surface area (TPSA) is 38.7 Å². The minimum atomic E-state index is -0.328. The van der Waals surface area contributed by atoms with E-state index in [1.165, 1.54) is 0 Å². The summed E-state index contributed by atoms with van der Waals surface area (Å²) in [5.74, 6) is 1.49. The summed E-state index contributed by atoms with van der Waals surface area (Å²) in [6.07, 6.45) is 0. The van der Waals surface area contributed by atoms with Gasteiger partial charge in [0.15, 0.2) is 11.5 Å². The van der Waals surface area contributed by atoms with E-state index in [4.69, 9.17) is 9.47 Å². The van der Waals surface area contributed by atoms with Crippen LogP contribution >= 0.6 is 15.9 Å². The molecule has 4 heteroatoms. The zero-order valence-corrected chi connectivity index (χ0v) is 11.0. The van der Waals surface area contributed by atoms with Crippen LogP contribution in [-0.4, -0.2) is 24.9 Å². The van der Waals surface area contributed by atoms with Crippen molar-refractivity contribution < 1.29 is 14.6 Å². The minimum absolute atomic E-state index is 0.0738. The van der Waals surface area contributed by atoms with E-state index in [-0.39, 0.29) is 12.0 Å². The van der Waals surface area contributed by atoms with Crippen molar-refractivity contribution in [2.45, 2.75) is 19.3 Å². The third-order valence-corrected chi connectivity index (χ3v) is 3.39. The molecule has 0 saturated heterocycles. The maximum absolute atomic E-state index is 9.41. The van der Waals surface area contributed by atoms with Crippen LogP contribution in [0.1, 0.15) is 19.4 Å². The minimum Gasteiger partial charge on any atom is -0.486 e. The van der Waals surface area contributed by atoms with E-state index < -0.39 is 0 Å². The largest absolute Gasteiger partial charge is 0.486 e. The molecule has 88 valence electrons. The molecule has 3 nitrogen and oxygen atoms in total. The van der Waals surface area contributed by atoms with Crippen LogP contribution in [0, 0.1) is 0 Å². The van der Waals surface area contributed by atoms with Gasteiger partial charge in [-0.3, -0.25) is 0 Å². The number of ether oxygens (including phenoxy) is 2. The molecular formula is C12H15BrO3. The SMILES string of the molecule is CC(C)(CO)c1ccc(Br)c2c1OCCO2. The highest BCUT2D eigenvalue weighted by Gasteiger charge is 2.28. The summed E-state index contributed by atoms with van der Waals surface area (Å²) in [4.78, 5) is 0. The molecule has 0 saturated carbocycles. The van der Waals surface area contributed by atoms with Gasteiger partial charge in [-0.05, 0) is 22.0 Å². The van der Waals surface area contributed by atoms with Gasteiger partial charge in [0, 0.05) is 11.0 Å². The van der Waals surface area contributed by atoms with Gasteiger partial charge in [0.2, 0.25) is 0 Å². The van der Waals surface area contributed by atoms with Crippen molar-refractivity contribution in [3.05, 3.63) is 22.2 Å². The number of aliphatic hydroxyl groups is 1. The lowest BCUT2D eigenvalue weighted by molar-refractivity contribution is 0.160. The zero-order valence-electron chi connectivity index (χ0n) is 9.42. The highest BCUT2D eigenvalue weighted by molar-refractivity contribution is 9.10. The molecule has 1 heterocycles. The third kappa shape index (κ3) is 1.92. The first-order valence-corrected chi connectivity index (χ1v) is 6.05. The lowest BCUT2D eigenvalue weighted by Gasteiger charge is -2.29. The third-order valence-electron chi connectivity index (χ3n) is 2.76. The molecule has 0 bridgehead atoms. The molecule has 0 radical (unpaired) electrons. The summed E-state index contributed by atoms with van der Waals surface area (Å²) >= 11 is 3.44. The predicted octanol–water partition coefficient (Wildman–Crippen LogP) is 2.49. The molecule has 1 aliphatic heterocycles. The lowest BCUT2D eigenvalue weighted by atomic mass is 9.84. The van der Waals surface area contributed by atoms with Crippen LogP contribution in [0.2, 0.25) is 0 Å². The fourth-order valence-corrected chi connectivity index (χ4v) is 2.15. The van der Waals surface area contributed by atoms with Gasteiger partial charge in [-0.2, -0.15) is 0 Å². The fourth-order valence-electron chi connectivity index (χ4n) is 1.72. The Morgan fingerprint density at radius 1 is 1.25 bits per heavy atom. The Balaban J connectivity index is 2.55. The van der Waals surface area contributed by atoms with Crippen LogP contribution < -0.4 is 9.47 Å². The van der Waals surface area contributed by atoms with E-state index in [1.54, 1.807) is 0 Å². The molecule has 0 unspecified atom stereocenters. The summed E-state index contributed by atoms with van der Waals surface area (Å²) in [6, 6.07) is 3.90. The molecule has 0 aliphatic carbocycles. The van der Waals surface area contributed by atoms with Crippen LogP contribution in [0.4, 0.5) is 0 Å². The van der Waals surface area contributed by atoms with Crippen LogP contribution in [-0.2, 0) is 5.41 Å². The van der Waals surface area contributed by atoms with Crippen molar-refractivity contribution in [1.82, 2.24) is 0 Å². The summed E-state index contributed by atoms with van der Waals surface area (Å²) in [7, 11) is 0. The molecule has 16 heavy (non-hydrogen) atoms. The first-order valence-electron chi connectivity index (χ1n) is 5.26. The van der Waals surface area contributed by atoms with E-state index >= 15 is 0 Å². The van der Waals surface area contributed by atoms with Gasteiger partial charge in [0.05, 0.1) is 11.1 Å². The zero-order chi connectivity index (χ0) is 11.8. The van der Waals surface area contributed by atoms with Crippen LogP contribution in [0.5, 0.6) is 11.5 Å². The second-order valence-corrected chi connectivity index (χ2v) is 5.35. The second-order valence-electron chi connectivity index (χ2n) is 4.49. The summed E-state index contributed by atoms with van der Waals surface area (Å²) in [6.45, 7) is 5.15. The molecule has 0 fully saturated rings. The molecule has 0 aromatic heterocycles. The maximum atomic E-state index is 9.41. The molecular weight excluding hydrogens is 272 g/mol. The van der Waals surface area contributed by atoms with E-state index in [0.29, 0.717) is 13.2 Å². The van der Waals surface area contributed by atoms with Gasteiger partial charge in [-0.25, -0.2) is 0 Å². The van der Waals surface area contributed by atoms with Crippen molar-refractivity contribution in [2.24, 2.45) is 0 Å². The first-order chi connectivity index (χ1) is 7.56. The fraction of sp³-hybridized carbons (Fsp3) is 0.500. The van der Waals surface area contributed by atoms with Crippen molar-refractivity contribution in [3.63, 3.8) is 0 Å². The Kier molecular flexibility index (Phi) is 3.13. The number of aliphatic hydroxyl groups excluding tert-OH is 1. The Morgan fingerprint density at radius 3 is 2.50 bits per heavy atom. The molecule has 0 atom stereocenters. The van der Waals surface area contributed by atoms with Gasteiger partial charge in [-0.1, -0.05) is 19.9 Å². The van der Waals surface area contributed by atoms with Gasteiger partial charge in [-0.15, -0.1) is 0 Å². The van der Waals surface area contributed by atoms with Gasteiger partial charge in [0.1, 0.15) is 13.2 Å². The molecule has 2 rings (SSSR count). The van der Waals surface area contributed by atoms with Crippen molar-refractivity contribution >= 4 is 15.9 Å². The number of fused-ring (bicyclic) bond motifs is 1. The number of hydrogen-bond acceptors (Lipinski definition) is 3. The van der Waals surface area contributed by atoms with E-state index in [0.717, 1.165) is 21.5 Å². The average Bonchev–Trinajstić information content (AvgIpc) is 2.29. The van der Waals surface area contributed by atoms with E-state index in [1.807, 2.05) is 26.0 Å². The smallest absolute Gasteiger partial charge is 0.175 e. The Hall–Kier alpha value is -0.740. The van der Waals surface area contributed by atoms with Crippen LogP contribution in [0.15, 0.2) is 16.6 Å². The van der Waals surface area contributed by atoms with Gasteiger partial charge >= 0.3 is 0 Å². The molecule has 1 aliphatic rings. The predicted molar refractivity (Wildman–Crippen MR) is 65.2 cm³/mol. The summed E-state index contributed by atoms with van der Waals surface area (Å²) in [5.41, 5.74) is 0.652. The maximum Gasteiger partial charge on any atom is 0.175 e. The van der Waals surface area contributed by atoms with Crippen molar-refractivity contribution in [3.8, 4) is 11.5 Å². The van der Waals surface area contributed by atoms with Gasteiger partial charge in [0.25, 0.3) is 0 Å². The second kappa shape index (κ2) is 4.26. The molecule has 0 amide bonds. The number of hydrogen-bond donors (Lipinski definition) is 1. The molecule has 1 N–H and O–H groups in total. The molecule has 1 aromatic rings. The van der Waals surface area contributed by atoms with Crippen molar-refractivity contribution in [1.29, 1.82) is 0 Å². The molecule has 0 spiro atoms. The highest BCUT2D eigenvalue weighted by Crippen LogP contribution is 2.44. The Labute approximate surface area is 104 Å². The Bertz CT molecular complexity index is 401. The monoisotopic (exact) mass is 286 g/mol. The summed E-state index contributed by atoms with van der Waals surface area (Å²) in [5, 5.41) is 9.41. The Morgan fingerprint density at radius 2 is 1.88 bits per heavy atom. The van der Waals surface area contributed by atoms with Crippen LogP contribution in [0.3, 0.4) is 0 Å². The van der Waals surface area contributed by atoms with E-state index in [9.17, 15) is 5.11 Å². The summed E-state index contributed by atoms with van der Waals surface area (Å²) < 4.78 is 12.1.